The molecule has 1 aromatic rings. The van der Waals surface area contributed by atoms with E-state index in [1.165, 1.54) is 12.1 Å². The molecule has 6 nitrogen and oxygen atoms in total. The van der Waals surface area contributed by atoms with Gasteiger partial charge in [-0.05, 0) is 34.0 Å². The molecule has 0 saturated carbocycles. The van der Waals surface area contributed by atoms with Crippen LogP contribution in [0.3, 0.4) is 0 Å². The summed E-state index contributed by atoms with van der Waals surface area (Å²) in [6, 6.07) is 4.75. The lowest BCUT2D eigenvalue weighted by Crippen LogP contribution is -2.16. The molecule has 19 heavy (non-hydrogen) atoms. The van der Waals surface area contributed by atoms with Gasteiger partial charge in [0, 0.05) is 24.4 Å². The Labute approximate surface area is 113 Å². The molecule has 0 heterocycles. The first-order valence-electron chi connectivity index (χ1n) is 6.33. The van der Waals surface area contributed by atoms with Crippen molar-refractivity contribution in [3.63, 3.8) is 0 Å². The van der Waals surface area contributed by atoms with Gasteiger partial charge in [0.05, 0.1) is 17.6 Å². The summed E-state index contributed by atoms with van der Waals surface area (Å²) < 4.78 is 5.33. The SMILES string of the molecule is CCOc1cc(NCCCN(C)C)cc([N+](=O)[O-])c1. The average Bonchev–Trinajstić information content (AvgIpc) is 2.34. The minimum absolute atomic E-state index is 0.0426. The van der Waals surface area contributed by atoms with Gasteiger partial charge in [-0.3, -0.25) is 10.1 Å². The molecule has 106 valence electrons. The van der Waals surface area contributed by atoms with Gasteiger partial charge >= 0.3 is 0 Å². The van der Waals surface area contributed by atoms with Crippen molar-refractivity contribution in [2.75, 3.05) is 39.1 Å². The van der Waals surface area contributed by atoms with Gasteiger partial charge in [-0.2, -0.15) is 0 Å². The van der Waals surface area contributed by atoms with Crippen molar-refractivity contribution in [1.29, 1.82) is 0 Å². The van der Waals surface area contributed by atoms with E-state index in [1.54, 1.807) is 6.07 Å². The summed E-state index contributed by atoms with van der Waals surface area (Å²) in [4.78, 5) is 12.5. The summed E-state index contributed by atoms with van der Waals surface area (Å²) >= 11 is 0. The molecule has 0 fully saturated rings. The van der Waals surface area contributed by atoms with Crippen molar-refractivity contribution in [2.45, 2.75) is 13.3 Å². The van der Waals surface area contributed by atoms with Crippen LogP contribution in [0.1, 0.15) is 13.3 Å². The molecular weight excluding hydrogens is 246 g/mol. The van der Waals surface area contributed by atoms with E-state index in [0.29, 0.717) is 12.4 Å². The summed E-state index contributed by atoms with van der Waals surface area (Å²) in [5, 5.41) is 14.0. The fraction of sp³-hybridized carbons (Fsp3) is 0.538. The van der Waals surface area contributed by atoms with E-state index in [9.17, 15) is 10.1 Å². The Morgan fingerprint density at radius 3 is 2.68 bits per heavy atom. The second-order valence-electron chi connectivity index (χ2n) is 4.49. The predicted molar refractivity (Wildman–Crippen MR) is 75.9 cm³/mol. The van der Waals surface area contributed by atoms with Crippen LogP contribution in [0, 0.1) is 10.1 Å². The maximum absolute atomic E-state index is 10.8. The molecule has 0 unspecified atom stereocenters. The van der Waals surface area contributed by atoms with Crippen LogP contribution >= 0.6 is 0 Å². The Balaban J connectivity index is 2.67. The van der Waals surface area contributed by atoms with E-state index in [4.69, 9.17) is 4.74 Å². The number of non-ortho nitro benzene ring substituents is 1. The molecular formula is C13H21N3O3. The van der Waals surface area contributed by atoms with E-state index >= 15 is 0 Å². The van der Waals surface area contributed by atoms with Gasteiger partial charge < -0.3 is 15.0 Å². The zero-order valence-corrected chi connectivity index (χ0v) is 11.7. The van der Waals surface area contributed by atoms with Crippen LogP contribution in [0.2, 0.25) is 0 Å². The predicted octanol–water partition coefficient (Wildman–Crippen LogP) is 2.36. The smallest absolute Gasteiger partial charge is 0.275 e. The number of nitrogens with zero attached hydrogens (tertiary/aromatic N) is 2. The first-order chi connectivity index (χ1) is 9.02. The molecule has 0 saturated heterocycles. The molecule has 6 heteroatoms. The van der Waals surface area contributed by atoms with Crippen molar-refractivity contribution in [2.24, 2.45) is 0 Å². The fourth-order valence-electron chi connectivity index (χ4n) is 1.67. The summed E-state index contributed by atoms with van der Waals surface area (Å²) in [6.45, 7) is 4.08. The summed E-state index contributed by atoms with van der Waals surface area (Å²) in [5.74, 6) is 0.520. The highest BCUT2D eigenvalue weighted by Gasteiger charge is 2.10. The highest BCUT2D eigenvalue weighted by molar-refractivity contribution is 5.56. The monoisotopic (exact) mass is 267 g/mol. The third-order valence-corrected chi connectivity index (χ3v) is 2.52. The van der Waals surface area contributed by atoms with E-state index < -0.39 is 4.92 Å². The van der Waals surface area contributed by atoms with E-state index in [0.717, 1.165) is 25.2 Å². The molecule has 0 atom stereocenters. The second-order valence-corrected chi connectivity index (χ2v) is 4.49. The van der Waals surface area contributed by atoms with Gasteiger partial charge in [0.1, 0.15) is 5.75 Å². The van der Waals surface area contributed by atoms with Gasteiger partial charge in [-0.15, -0.1) is 0 Å². The standard InChI is InChI=1S/C13H21N3O3/c1-4-19-13-9-11(8-12(10-13)16(17)18)14-6-5-7-15(2)3/h8-10,14H,4-7H2,1-3H3. The van der Waals surface area contributed by atoms with Gasteiger partial charge in [-0.25, -0.2) is 0 Å². The lowest BCUT2D eigenvalue weighted by atomic mass is 10.2. The number of nitro benzene ring substituents is 1. The van der Waals surface area contributed by atoms with Gasteiger partial charge in [-0.1, -0.05) is 0 Å². The Kier molecular flexibility index (Phi) is 6.08. The van der Waals surface area contributed by atoms with Gasteiger partial charge in [0.2, 0.25) is 0 Å². The Morgan fingerprint density at radius 2 is 2.11 bits per heavy atom. The van der Waals surface area contributed by atoms with E-state index in [-0.39, 0.29) is 5.69 Å². The second kappa shape index (κ2) is 7.58. The zero-order chi connectivity index (χ0) is 14.3. The third-order valence-electron chi connectivity index (χ3n) is 2.52. The van der Waals surface area contributed by atoms with Crippen molar-refractivity contribution >= 4 is 11.4 Å². The van der Waals surface area contributed by atoms with Crippen molar-refractivity contribution in [3.8, 4) is 5.75 Å². The van der Waals surface area contributed by atoms with Crippen LogP contribution in [-0.2, 0) is 0 Å². The Morgan fingerprint density at radius 1 is 1.37 bits per heavy atom. The largest absolute Gasteiger partial charge is 0.494 e. The molecule has 0 amide bonds. The lowest BCUT2D eigenvalue weighted by Gasteiger charge is -2.11. The normalized spacial score (nSPS) is 10.5. The quantitative estimate of drug-likeness (QED) is 0.445. The van der Waals surface area contributed by atoms with Crippen LogP contribution < -0.4 is 10.1 Å². The molecule has 0 spiro atoms. The number of nitrogens with one attached hydrogen (secondary N) is 1. The first kappa shape index (κ1) is 15.2. The van der Waals surface area contributed by atoms with Crippen LogP contribution in [0.15, 0.2) is 18.2 Å². The van der Waals surface area contributed by atoms with Gasteiger partial charge in [0.25, 0.3) is 5.69 Å². The summed E-state index contributed by atoms with van der Waals surface area (Å²) in [7, 11) is 4.03. The minimum atomic E-state index is -0.409. The average molecular weight is 267 g/mol. The molecule has 0 aromatic heterocycles. The van der Waals surface area contributed by atoms with Crippen LogP contribution in [0.25, 0.3) is 0 Å². The first-order valence-corrected chi connectivity index (χ1v) is 6.33. The van der Waals surface area contributed by atoms with Crippen molar-refractivity contribution < 1.29 is 9.66 Å². The molecule has 1 N–H and O–H groups in total. The molecule has 1 aromatic carbocycles. The number of hydrogen-bond acceptors (Lipinski definition) is 5. The maximum atomic E-state index is 10.8. The zero-order valence-electron chi connectivity index (χ0n) is 11.7. The van der Waals surface area contributed by atoms with Crippen molar-refractivity contribution in [3.05, 3.63) is 28.3 Å². The number of nitro groups is 1. The lowest BCUT2D eigenvalue weighted by molar-refractivity contribution is -0.384. The van der Waals surface area contributed by atoms with E-state index in [2.05, 4.69) is 10.2 Å². The summed E-state index contributed by atoms with van der Waals surface area (Å²) in [6.07, 6.45) is 0.972. The Bertz CT molecular complexity index is 422. The molecule has 0 aliphatic rings. The van der Waals surface area contributed by atoms with Crippen LogP contribution in [0.4, 0.5) is 11.4 Å². The molecule has 0 aliphatic carbocycles. The topological polar surface area (TPSA) is 67.6 Å². The molecule has 1 rings (SSSR count). The maximum Gasteiger partial charge on any atom is 0.275 e. The van der Waals surface area contributed by atoms with Gasteiger partial charge in [0.15, 0.2) is 0 Å². The number of ether oxygens (including phenoxy) is 1. The number of hydrogen-bond donors (Lipinski definition) is 1. The van der Waals surface area contributed by atoms with Crippen LogP contribution in [0.5, 0.6) is 5.75 Å². The summed E-state index contributed by atoms with van der Waals surface area (Å²) in [5.41, 5.74) is 0.762. The highest BCUT2D eigenvalue weighted by atomic mass is 16.6. The highest BCUT2D eigenvalue weighted by Crippen LogP contribution is 2.26. The minimum Gasteiger partial charge on any atom is -0.494 e. The van der Waals surface area contributed by atoms with Crippen LogP contribution in [-0.4, -0.2) is 43.6 Å². The molecule has 0 bridgehead atoms. The Hall–Kier alpha value is -1.82. The number of benzene rings is 1. The van der Waals surface area contributed by atoms with E-state index in [1.807, 2.05) is 21.0 Å². The molecule has 0 aliphatic heterocycles. The number of rotatable bonds is 8. The fourth-order valence-corrected chi connectivity index (χ4v) is 1.67. The third kappa shape index (κ3) is 5.56. The van der Waals surface area contributed by atoms with Crippen molar-refractivity contribution in [1.82, 2.24) is 4.90 Å². The number of anilines is 1. The molecule has 0 radical (unpaired) electrons.